The molecule has 1 fully saturated rings. The van der Waals surface area contributed by atoms with Crippen molar-refractivity contribution in [3.05, 3.63) is 64.7 Å². The molecular weight excluding hydrogens is 450 g/mol. The maximum Gasteiger partial charge on any atom is 0.416 e. The van der Waals surface area contributed by atoms with Gasteiger partial charge in [-0.15, -0.1) is 0 Å². The highest BCUT2D eigenvalue weighted by Crippen LogP contribution is 2.37. The van der Waals surface area contributed by atoms with Crippen LogP contribution in [0.3, 0.4) is 0 Å². The third kappa shape index (κ3) is 6.06. The molecule has 0 bridgehead atoms. The Morgan fingerprint density at radius 3 is 2.03 bits per heavy atom. The van der Waals surface area contributed by atoms with Crippen LogP contribution in [0.1, 0.15) is 48.4 Å². The summed E-state index contributed by atoms with van der Waals surface area (Å²) in [5, 5.41) is 2.70. The van der Waals surface area contributed by atoms with Crippen molar-refractivity contribution in [1.82, 2.24) is 4.90 Å². The van der Waals surface area contributed by atoms with Crippen molar-refractivity contribution in [2.24, 2.45) is 5.92 Å². The SMILES string of the molecule is CC(C)c1ccc(NC(=O)[C@H]2CC(=O)N(Cc3cc(C(F)(F)F)cc(C(F)(F)F)c3)C2)cc1. The molecule has 2 aromatic rings. The van der Waals surface area contributed by atoms with Crippen LogP contribution in [0.4, 0.5) is 32.0 Å². The lowest BCUT2D eigenvalue weighted by atomic mass is 10.0. The molecule has 1 atom stereocenters. The normalized spacial score (nSPS) is 17.1. The van der Waals surface area contributed by atoms with Crippen LogP contribution in [0.15, 0.2) is 42.5 Å². The van der Waals surface area contributed by atoms with E-state index in [2.05, 4.69) is 5.32 Å². The molecule has 0 unspecified atom stereocenters. The first-order chi connectivity index (χ1) is 15.2. The monoisotopic (exact) mass is 472 g/mol. The van der Waals surface area contributed by atoms with Crippen LogP contribution in [0.5, 0.6) is 0 Å². The maximum atomic E-state index is 13.1. The number of nitrogens with zero attached hydrogens (tertiary/aromatic N) is 1. The minimum atomic E-state index is -4.97. The molecule has 3 rings (SSSR count). The first-order valence-corrected chi connectivity index (χ1v) is 10.2. The van der Waals surface area contributed by atoms with E-state index in [1.165, 1.54) is 0 Å². The average molecular weight is 472 g/mol. The van der Waals surface area contributed by atoms with Crippen LogP contribution in [-0.2, 0) is 28.5 Å². The van der Waals surface area contributed by atoms with E-state index in [9.17, 15) is 35.9 Å². The molecule has 1 heterocycles. The highest BCUT2D eigenvalue weighted by molar-refractivity contribution is 5.97. The molecule has 0 aliphatic carbocycles. The standard InChI is InChI=1S/C23H22F6N2O2/c1-13(2)15-3-5-19(6-4-15)30-21(33)16-9-20(32)31(12-16)11-14-7-17(22(24,25)26)10-18(8-14)23(27,28)29/h3-8,10,13,16H,9,11-12H2,1-2H3,(H,30,33)/t16-/m0/s1. The lowest BCUT2D eigenvalue weighted by Crippen LogP contribution is -2.28. The highest BCUT2D eigenvalue weighted by Gasteiger charge is 2.38. The van der Waals surface area contributed by atoms with Gasteiger partial charge in [0.2, 0.25) is 11.8 Å². The van der Waals surface area contributed by atoms with E-state index in [4.69, 9.17) is 0 Å². The van der Waals surface area contributed by atoms with Gasteiger partial charge in [0.15, 0.2) is 0 Å². The molecule has 10 heteroatoms. The molecule has 2 amide bonds. The third-order valence-corrected chi connectivity index (χ3v) is 5.45. The van der Waals surface area contributed by atoms with Crippen molar-refractivity contribution >= 4 is 17.5 Å². The summed E-state index contributed by atoms with van der Waals surface area (Å²) in [7, 11) is 0. The second kappa shape index (κ2) is 9.07. The summed E-state index contributed by atoms with van der Waals surface area (Å²) in [5.74, 6) is -1.42. The lowest BCUT2D eigenvalue weighted by Gasteiger charge is -2.19. The van der Waals surface area contributed by atoms with Gasteiger partial charge in [-0.2, -0.15) is 26.3 Å². The number of carbonyl (C=O) groups is 2. The summed E-state index contributed by atoms with van der Waals surface area (Å²) in [6.07, 6.45) is -10.1. The first-order valence-electron chi connectivity index (χ1n) is 10.2. The summed E-state index contributed by atoms with van der Waals surface area (Å²) < 4.78 is 78.4. The van der Waals surface area contributed by atoms with Crippen molar-refractivity contribution in [3.8, 4) is 0 Å². The van der Waals surface area contributed by atoms with Gasteiger partial charge >= 0.3 is 12.4 Å². The van der Waals surface area contributed by atoms with Gasteiger partial charge in [0.05, 0.1) is 17.0 Å². The van der Waals surface area contributed by atoms with Crippen molar-refractivity contribution in [3.63, 3.8) is 0 Å². The zero-order chi connectivity index (χ0) is 24.6. The molecule has 1 aliphatic heterocycles. The number of likely N-dealkylation sites (tertiary alicyclic amines) is 1. The zero-order valence-corrected chi connectivity index (χ0v) is 17.8. The number of alkyl halides is 6. The van der Waals surface area contributed by atoms with Crippen molar-refractivity contribution < 1.29 is 35.9 Å². The van der Waals surface area contributed by atoms with E-state index in [1.54, 1.807) is 12.1 Å². The maximum absolute atomic E-state index is 13.1. The Bertz CT molecular complexity index is 996. The average Bonchev–Trinajstić information content (AvgIpc) is 3.07. The fourth-order valence-corrected chi connectivity index (χ4v) is 3.63. The molecule has 0 radical (unpaired) electrons. The molecule has 4 nitrogen and oxygen atoms in total. The fourth-order valence-electron chi connectivity index (χ4n) is 3.63. The molecule has 1 saturated heterocycles. The Labute approximate surface area is 186 Å². The Morgan fingerprint density at radius 1 is 1.00 bits per heavy atom. The third-order valence-electron chi connectivity index (χ3n) is 5.45. The Kier molecular flexibility index (Phi) is 6.76. The Balaban J connectivity index is 1.72. The van der Waals surface area contributed by atoms with Crippen LogP contribution < -0.4 is 5.32 Å². The van der Waals surface area contributed by atoms with Gasteiger partial charge in [-0.1, -0.05) is 26.0 Å². The zero-order valence-electron chi connectivity index (χ0n) is 17.8. The number of nitrogens with one attached hydrogen (secondary N) is 1. The van der Waals surface area contributed by atoms with Crippen LogP contribution in [0, 0.1) is 5.92 Å². The van der Waals surface area contributed by atoms with Crippen molar-refractivity contribution in [1.29, 1.82) is 0 Å². The number of benzene rings is 2. The van der Waals surface area contributed by atoms with Gasteiger partial charge in [-0.05, 0) is 47.4 Å². The number of halogens is 6. The van der Waals surface area contributed by atoms with Crippen LogP contribution in [-0.4, -0.2) is 23.3 Å². The predicted octanol–water partition coefficient (Wildman–Crippen LogP) is 5.83. The molecule has 0 spiro atoms. The number of hydrogen-bond donors (Lipinski definition) is 1. The van der Waals surface area contributed by atoms with E-state index in [1.807, 2.05) is 26.0 Å². The van der Waals surface area contributed by atoms with Crippen LogP contribution in [0.2, 0.25) is 0 Å². The molecule has 0 aromatic heterocycles. The van der Waals surface area contributed by atoms with Crippen LogP contribution >= 0.6 is 0 Å². The molecule has 0 saturated carbocycles. The first kappa shape index (κ1) is 24.6. The Morgan fingerprint density at radius 2 is 1.55 bits per heavy atom. The van der Waals surface area contributed by atoms with Gasteiger partial charge < -0.3 is 10.2 Å². The number of amides is 2. The van der Waals surface area contributed by atoms with Crippen LogP contribution in [0.25, 0.3) is 0 Å². The molecule has 1 aliphatic rings. The highest BCUT2D eigenvalue weighted by atomic mass is 19.4. The molecular formula is C23H22F6N2O2. The van der Waals surface area contributed by atoms with E-state index in [0.29, 0.717) is 23.7 Å². The number of rotatable bonds is 5. The van der Waals surface area contributed by atoms with E-state index in [-0.39, 0.29) is 24.6 Å². The predicted molar refractivity (Wildman–Crippen MR) is 109 cm³/mol. The summed E-state index contributed by atoms with van der Waals surface area (Å²) in [5.41, 5.74) is -1.59. The number of carbonyl (C=O) groups excluding carboxylic acids is 2. The second-order valence-corrected chi connectivity index (χ2v) is 8.36. The summed E-state index contributed by atoms with van der Waals surface area (Å²) >= 11 is 0. The molecule has 33 heavy (non-hydrogen) atoms. The molecule has 2 aromatic carbocycles. The summed E-state index contributed by atoms with van der Waals surface area (Å²) in [4.78, 5) is 26.0. The summed E-state index contributed by atoms with van der Waals surface area (Å²) in [6, 6.07) is 8.39. The number of hydrogen-bond acceptors (Lipinski definition) is 2. The lowest BCUT2D eigenvalue weighted by molar-refractivity contribution is -0.143. The van der Waals surface area contributed by atoms with Crippen molar-refractivity contribution in [2.45, 2.75) is 45.1 Å². The smallest absolute Gasteiger partial charge is 0.338 e. The number of anilines is 1. The quantitative estimate of drug-likeness (QED) is 0.557. The minimum absolute atomic E-state index is 0.0378. The molecule has 1 N–H and O–H groups in total. The van der Waals surface area contributed by atoms with Gasteiger partial charge in [0, 0.05) is 25.2 Å². The van der Waals surface area contributed by atoms with E-state index in [0.717, 1.165) is 10.5 Å². The summed E-state index contributed by atoms with van der Waals surface area (Å²) in [6.45, 7) is 3.48. The van der Waals surface area contributed by atoms with E-state index < -0.39 is 47.8 Å². The largest absolute Gasteiger partial charge is 0.416 e. The topological polar surface area (TPSA) is 49.4 Å². The fraction of sp³-hybridized carbons (Fsp3) is 0.391. The Hall–Kier alpha value is -3.04. The van der Waals surface area contributed by atoms with Gasteiger partial charge in [-0.25, -0.2) is 0 Å². The second-order valence-electron chi connectivity index (χ2n) is 8.36. The van der Waals surface area contributed by atoms with Gasteiger partial charge in [0.1, 0.15) is 0 Å². The van der Waals surface area contributed by atoms with Crippen molar-refractivity contribution in [2.75, 3.05) is 11.9 Å². The van der Waals surface area contributed by atoms with E-state index >= 15 is 0 Å². The van der Waals surface area contributed by atoms with Gasteiger partial charge in [-0.3, -0.25) is 9.59 Å². The minimum Gasteiger partial charge on any atom is -0.338 e. The molecule has 178 valence electrons. The van der Waals surface area contributed by atoms with Gasteiger partial charge in [0.25, 0.3) is 0 Å².